The van der Waals surface area contributed by atoms with Crippen LogP contribution in [-0.2, 0) is 23.0 Å². The molecular weight excluding hydrogens is 298 g/mol. The fraction of sp³-hybridized carbons (Fsp3) is 0.308. The highest BCUT2D eigenvalue weighted by Gasteiger charge is 2.27. The summed E-state index contributed by atoms with van der Waals surface area (Å²) in [5.74, 6) is 0. The molecule has 3 rings (SSSR count). The maximum atomic E-state index is 11.7. The monoisotopic (exact) mass is 311 g/mol. The van der Waals surface area contributed by atoms with Gasteiger partial charge in [0.25, 0.3) is 0 Å². The number of aromatic nitrogens is 2. The molecule has 0 fully saturated rings. The summed E-state index contributed by atoms with van der Waals surface area (Å²) in [6.07, 6.45) is 1.88. The predicted octanol–water partition coefficient (Wildman–Crippen LogP) is 2.05. The Kier molecular flexibility index (Phi) is 3.32. The standard InChI is InChI=1S/C13H14ClN3O2S/c1-20(18,19)17-6-5-12-11(8-17)13(16-15-12)9-3-2-4-10(14)7-9/h2-4,7H,5-6,8H2,1H3,(H,15,16). The highest BCUT2D eigenvalue weighted by molar-refractivity contribution is 7.88. The van der Waals surface area contributed by atoms with Crippen molar-refractivity contribution in [2.45, 2.75) is 13.0 Å². The van der Waals surface area contributed by atoms with Crippen LogP contribution in [0.1, 0.15) is 11.3 Å². The van der Waals surface area contributed by atoms with Crippen molar-refractivity contribution in [3.05, 3.63) is 40.5 Å². The van der Waals surface area contributed by atoms with Gasteiger partial charge in [0, 0.05) is 41.4 Å². The second kappa shape index (κ2) is 4.87. The topological polar surface area (TPSA) is 66.1 Å². The summed E-state index contributed by atoms with van der Waals surface area (Å²) >= 11 is 6.00. The Morgan fingerprint density at radius 1 is 1.40 bits per heavy atom. The van der Waals surface area contributed by atoms with E-state index in [9.17, 15) is 8.42 Å². The van der Waals surface area contributed by atoms with Crippen LogP contribution in [0.15, 0.2) is 24.3 Å². The zero-order chi connectivity index (χ0) is 14.3. The average Bonchev–Trinajstić information content (AvgIpc) is 2.80. The van der Waals surface area contributed by atoms with Crippen molar-refractivity contribution in [2.24, 2.45) is 0 Å². The van der Waals surface area contributed by atoms with Gasteiger partial charge in [-0.3, -0.25) is 5.10 Å². The molecule has 20 heavy (non-hydrogen) atoms. The van der Waals surface area contributed by atoms with Crippen LogP contribution >= 0.6 is 11.6 Å². The van der Waals surface area contributed by atoms with E-state index in [0.717, 1.165) is 22.5 Å². The number of fused-ring (bicyclic) bond motifs is 1. The fourth-order valence-electron chi connectivity index (χ4n) is 2.43. The molecule has 1 N–H and O–H groups in total. The first-order valence-electron chi connectivity index (χ1n) is 6.22. The summed E-state index contributed by atoms with van der Waals surface area (Å²) in [6.45, 7) is 0.843. The second-order valence-electron chi connectivity index (χ2n) is 4.89. The van der Waals surface area contributed by atoms with Crippen molar-refractivity contribution in [1.29, 1.82) is 0 Å². The molecule has 0 saturated heterocycles. The highest BCUT2D eigenvalue weighted by Crippen LogP contribution is 2.30. The number of halogens is 1. The van der Waals surface area contributed by atoms with Gasteiger partial charge in [0.1, 0.15) is 0 Å². The highest BCUT2D eigenvalue weighted by atomic mass is 35.5. The summed E-state index contributed by atoms with van der Waals surface area (Å²) in [5.41, 5.74) is 3.60. The van der Waals surface area contributed by atoms with E-state index in [0.29, 0.717) is 24.5 Å². The Morgan fingerprint density at radius 3 is 2.90 bits per heavy atom. The number of H-pyrrole nitrogens is 1. The first-order chi connectivity index (χ1) is 9.45. The number of nitrogens with one attached hydrogen (secondary N) is 1. The zero-order valence-electron chi connectivity index (χ0n) is 10.9. The summed E-state index contributed by atoms with van der Waals surface area (Å²) < 4.78 is 24.9. The lowest BCUT2D eigenvalue weighted by Gasteiger charge is -2.24. The van der Waals surface area contributed by atoms with Crippen molar-refractivity contribution in [2.75, 3.05) is 12.8 Å². The van der Waals surface area contributed by atoms with Gasteiger partial charge in [-0.05, 0) is 12.1 Å². The lowest BCUT2D eigenvalue weighted by atomic mass is 10.0. The lowest BCUT2D eigenvalue weighted by Crippen LogP contribution is -2.35. The first kappa shape index (κ1) is 13.6. The van der Waals surface area contributed by atoms with Crippen LogP contribution in [0.25, 0.3) is 11.3 Å². The van der Waals surface area contributed by atoms with Crippen molar-refractivity contribution >= 4 is 21.6 Å². The van der Waals surface area contributed by atoms with Crippen molar-refractivity contribution < 1.29 is 8.42 Å². The van der Waals surface area contributed by atoms with Gasteiger partial charge in [0.15, 0.2) is 0 Å². The molecule has 0 saturated carbocycles. The minimum atomic E-state index is -3.19. The van der Waals surface area contributed by atoms with Gasteiger partial charge in [-0.1, -0.05) is 23.7 Å². The van der Waals surface area contributed by atoms with Crippen molar-refractivity contribution in [1.82, 2.24) is 14.5 Å². The number of nitrogens with zero attached hydrogens (tertiary/aromatic N) is 2. The van der Waals surface area contributed by atoms with Crippen LogP contribution in [0.4, 0.5) is 0 Å². The van der Waals surface area contributed by atoms with E-state index in [4.69, 9.17) is 11.6 Å². The number of hydrogen-bond acceptors (Lipinski definition) is 3. The SMILES string of the molecule is CS(=O)(=O)N1CCc2[nH]nc(-c3cccc(Cl)c3)c2C1. The van der Waals surface area contributed by atoms with Crippen molar-refractivity contribution in [3.63, 3.8) is 0 Å². The van der Waals surface area contributed by atoms with Crippen LogP contribution < -0.4 is 0 Å². The fourth-order valence-corrected chi connectivity index (χ4v) is 3.40. The normalized spacial score (nSPS) is 16.1. The smallest absolute Gasteiger partial charge is 0.211 e. The summed E-state index contributed by atoms with van der Waals surface area (Å²) in [7, 11) is -3.19. The van der Waals surface area contributed by atoms with Gasteiger partial charge < -0.3 is 0 Å². The number of aromatic amines is 1. The molecule has 2 heterocycles. The maximum absolute atomic E-state index is 11.7. The molecule has 0 aliphatic carbocycles. The van der Waals surface area contributed by atoms with Gasteiger partial charge in [0.05, 0.1) is 11.9 Å². The van der Waals surface area contributed by atoms with E-state index >= 15 is 0 Å². The molecule has 0 bridgehead atoms. The Labute approximate surface area is 122 Å². The molecule has 0 unspecified atom stereocenters. The van der Waals surface area contributed by atoms with Gasteiger partial charge in [0.2, 0.25) is 10.0 Å². The van der Waals surface area contributed by atoms with Crippen LogP contribution in [0, 0.1) is 0 Å². The van der Waals surface area contributed by atoms with E-state index in [-0.39, 0.29) is 0 Å². The van der Waals surface area contributed by atoms with E-state index in [1.54, 1.807) is 6.07 Å². The molecule has 0 spiro atoms. The van der Waals surface area contributed by atoms with Crippen molar-refractivity contribution in [3.8, 4) is 11.3 Å². The molecule has 5 nitrogen and oxygen atoms in total. The molecule has 1 aliphatic heterocycles. The quantitative estimate of drug-likeness (QED) is 0.923. The van der Waals surface area contributed by atoms with Gasteiger partial charge >= 0.3 is 0 Å². The van der Waals surface area contributed by atoms with Crippen LogP contribution in [0.2, 0.25) is 5.02 Å². The first-order valence-corrected chi connectivity index (χ1v) is 8.45. The third-order valence-corrected chi connectivity index (χ3v) is 4.95. The Morgan fingerprint density at radius 2 is 2.20 bits per heavy atom. The number of rotatable bonds is 2. The largest absolute Gasteiger partial charge is 0.282 e. The second-order valence-corrected chi connectivity index (χ2v) is 7.31. The van der Waals surface area contributed by atoms with E-state index in [2.05, 4.69) is 10.2 Å². The lowest BCUT2D eigenvalue weighted by molar-refractivity contribution is 0.394. The van der Waals surface area contributed by atoms with E-state index in [1.165, 1.54) is 10.6 Å². The summed E-state index contributed by atoms with van der Waals surface area (Å²) in [4.78, 5) is 0. The molecule has 1 aliphatic rings. The molecule has 106 valence electrons. The van der Waals surface area contributed by atoms with Crippen LogP contribution in [0.3, 0.4) is 0 Å². The summed E-state index contributed by atoms with van der Waals surface area (Å²) in [5, 5.41) is 7.96. The average molecular weight is 312 g/mol. The summed E-state index contributed by atoms with van der Waals surface area (Å²) in [6, 6.07) is 7.40. The van der Waals surface area contributed by atoms with Crippen LogP contribution in [0.5, 0.6) is 0 Å². The third kappa shape index (κ3) is 2.46. The number of hydrogen-bond donors (Lipinski definition) is 1. The van der Waals surface area contributed by atoms with Gasteiger partial charge in [-0.2, -0.15) is 9.40 Å². The molecular formula is C13H14ClN3O2S. The Balaban J connectivity index is 2.03. The molecule has 2 aromatic rings. The zero-order valence-corrected chi connectivity index (χ0v) is 12.5. The minimum absolute atomic E-state index is 0.354. The molecule has 0 radical (unpaired) electrons. The van der Waals surface area contributed by atoms with Crippen LogP contribution in [-0.4, -0.2) is 35.7 Å². The molecule has 1 aromatic heterocycles. The molecule has 0 atom stereocenters. The van der Waals surface area contributed by atoms with E-state index < -0.39 is 10.0 Å². The minimum Gasteiger partial charge on any atom is -0.282 e. The molecule has 0 amide bonds. The predicted molar refractivity (Wildman–Crippen MR) is 78.0 cm³/mol. The molecule has 7 heteroatoms. The Hall–Kier alpha value is -1.37. The third-order valence-electron chi connectivity index (χ3n) is 3.47. The maximum Gasteiger partial charge on any atom is 0.211 e. The van der Waals surface area contributed by atoms with Gasteiger partial charge in [-0.25, -0.2) is 8.42 Å². The van der Waals surface area contributed by atoms with E-state index in [1.807, 2.05) is 18.2 Å². The molecule has 1 aromatic carbocycles. The number of benzene rings is 1. The number of sulfonamides is 1. The van der Waals surface area contributed by atoms with Gasteiger partial charge in [-0.15, -0.1) is 0 Å². The Bertz CT molecular complexity index is 755.